The maximum Gasteiger partial charge on any atom is 0.345 e. The van der Waals surface area contributed by atoms with Gasteiger partial charge < -0.3 is 9.15 Å². The van der Waals surface area contributed by atoms with Crippen molar-refractivity contribution in [2.45, 2.75) is 34.6 Å². The molecule has 0 atom stereocenters. The molecule has 1 N–H and O–H groups in total. The van der Waals surface area contributed by atoms with E-state index < -0.39 is 10.8 Å². The topological polar surface area (TPSA) is 108 Å². The highest BCUT2D eigenvalue weighted by Gasteiger charge is 2.19. The van der Waals surface area contributed by atoms with Crippen LogP contribution in [0.2, 0.25) is 0 Å². The number of anilines is 1. The van der Waals surface area contributed by atoms with Gasteiger partial charge in [-0.15, -0.1) is 0 Å². The molecule has 0 fully saturated rings. The Kier molecular flexibility index (Phi) is 5.69. The first kappa shape index (κ1) is 20.5. The number of aromatic nitrogens is 1. The third-order valence-corrected chi connectivity index (χ3v) is 5.48. The molecule has 0 saturated heterocycles. The second kappa shape index (κ2) is 8.04. The number of carbonyl (C=O) groups excluding carboxylic acids is 1. The standard InChI is InChI=1S/C20H21N3O5S/c1-6-27-18-12(4)19-15(11(3)13(5)28-19)8-14(18)10(2)7-16(24)22-20-21-9-17(29-20)23(25)26/h7-9H,6H2,1-5H3,(H,21,22,24)/b10-7+. The number of nitro groups is 1. The van der Waals surface area contributed by atoms with Crippen LogP contribution in [0.1, 0.15) is 36.3 Å². The van der Waals surface area contributed by atoms with Crippen molar-refractivity contribution < 1.29 is 18.9 Å². The van der Waals surface area contributed by atoms with Gasteiger partial charge in [0.15, 0.2) is 5.13 Å². The lowest BCUT2D eigenvalue weighted by atomic mass is 9.98. The highest BCUT2D eigenvalue weighted by atomic mass is 32.1. The molecule has 0 bridgehead atoms. The van der Waals surface area contributed by atoms with E-state index in [4.69, 9.17) is 9.15 Å². The smallest absolute Gasteiger partial charge is 0.345 e. The summed E-state index contributed by atoms with van der Waals surface area (Å²) in [6.45, 7) is 10.0. The summed E-state index contributed by atoms with van der Waals surface area (Å²) in [5.74, 6) is 1.08. The fraction of sp³-hybridized carbons (Fsp3) is 0.300. The number of allylic oxidation sites excluding steroid dienone is 1. The minimum Gasteiger partial charge on any atom is -0.493 e. The van der Waals surface area contributed by atoms with Gasteiger partial charge in [-0.05, 0) is 63.2 Å². The van der Waals surface area contributed by atoms with Crippen molar-refractivity contribution in [3.05, 3.63) is 50.9 Å². The summed E-state index contributed by atoms with van der Waals surface area (Å²) in [7, 11) is 0. The van der Waals surface area contributed by atoms with E-state index in [9.17, 15) is 14.9 Å². The molecule has 0 aliphatic rings. The molecule has 152 valence electrons. The number of fused-ring (bicyclic) bond motifs is 1. The number of rotatable bonds is 6. The van der Waals surface area contributed by atoms with E-state index in [0.29, 0.717) is 17.9 Å². The summed E-state index contributed by atoms with van der Waals surface area (Å²) in [6.07, 6.45) is 2.55. The van der Waals surface area contributed by atoms with Crippen molar-refractivity contribution >= 4 is 43.9 Å². The molecule has 1 aromatic carbocycles. The number of nitrogens with one attached hydrogen (secondary N) is 1. The summed E-state index contributed by atoms with van der Waals surface area (Å²) in [4.78, 5) is 26.5. The molecule has 0 spiro atoms. The lowest BCUT2D eigenvalue weighted by Crippen LogP contribution is -2.08. The van der Waals surface area contributed by atoms with Crippen LogP contribution in [-0.2, 0) is 4.79 Å². The SMILES string of the molecule is CCOc1c(/C(C)=C/C(=O)Nc2ncc([N+](=O)[O-])s2)cc2c(C)c(C)oc2c1C. The summed E-state index contributed by atoms with van der Waals surface area (Å²) < 4.78 is 11.8. The number of benzene rings is 1. The largest absolute Gasteiger partial charge is 0.493 e. The Morgan fingerprint density at radius 1 is 1.38 bits per heavy atom. The Labute approximate surface area is 171 Å². The van der Waals surface area contributed by atoms with Crippen LogP contribution in [0.3, 0.4) is 0 Å². The van der Waals surface area contributed by atoms with Gasteiger partial charge in [0.05, 0.1) is 11.5 Å². The van der Waals surface area contributed by atoms with Crippen molar-refractivity contribution in [1.82, 2.24) is 4.98 Å². The fourth-order valence-corrected chi connectivity index (χ4v) is 3.69. The number of ether oxygens (including phenoxy) is 1. The third kappa shape index (κ3) is 4.00. The van der Waals surface area contributed by atoms with Crippen LogP contribution < -0.4 is 10.1 Å². The molecule has 3 aromatic rings. The van der Waals surface area contributed by atoms with E-state index in [2.05, 4.69) is 10.3 Å². The number of aryl methyl sites for hydroxylation is 3. The maximum atomic E-state index is 12.4. The van der Waals surface area contributed by atoms with Crippen molar-refractivity contribution in [3.8, 4) is 5.75 Å². The van der Waals surface area contributed by atoms with Gasteiger partial charge >= 0.3 is 5.00 Å². The van der Waals surface area contributed by atoms with Crippen LogP contribution in [-0.4, -0.2) is 22.4 Å². The summed E-state index contributed by atoms with van der Waals surface area (Å²) >= 11 is 0.804. The quantitative estimate of drug-likeness (QED) is 0.338. The number of nitrogens with zero attached hydrogens (tertiary/aromatic N) is 2. The number of hydrogen-bond acceptors (Lipinski definition) is 7. The van der Waals surface area contributed by atoms with Crippen LogP contribution in [0.5, 0.6) is 5.75 Å². The molecule has 0 unspecified atom stereocenters. The second-order valence-corrected chi connectivity index (χ2v) is 7.56. The number of furan rings is 1. The van der Waals surface area contributed by atoms with E-state index in [1.807, 2.05) is 40.7 Å². The zero-order valence-corrected chi connectivity index (χ0v) is 17.6. The van der Waals surface area contributed by atoms with Crippen LogP contribution in [0, 0.1) is 30.9 Å². The maximum absolute atomic E-state index is 12.4. The summed E-state index contributed by atoms with van der Waals surface area (Å²) in [5.41, 5.74) is 4.18. The Morgan fingerprint density at radius 2 is 2.10 bits per heavy atom. The number of amides is 1. The highest BCUT2D eigenvalue weighted by Crippen LogP contribution is 2.39. The molecular weight excluding hydrogens is 394 g/mol. The first-order valence-electron chi connectivity index (χ1n) is 8.98. The van der Waals surface area contributed by atoms with Crippen molar-refractivity contribution in [1.29, 1.82) is 0 Å². The van der Waals surface area contributed by atoms with Crippen LogP contribution >= 0.6 is 11.3 Å². The van der Waals surface area contributed by atoms with Crippen LogP contribution in [0.15, 0.2) is 22.8 Å². The first-order chi connectivity index (χ1) is 13.7. The molecule has 2 aromatic heterocycles. The predicted molar refractivity (Wildman–Crippen MR) is 113 cm³/mol. The highest BCUT2D eigenvalue weighted by molar-refractivity contribution is 7.18. The number of hydrogen-bond donors (Lipinski definition) is 1. The van der Waals surface area contributed by atoms with Crippen molar-refractivity contribution in [2.24, 2.45) is 0 Å². The van der Waals surface area contributed by atoms with Crippen molar-refractivity contribution in [2.75, 3.05) is 11.9 Å². The second-order valence-electron chi connectivity index (χ2n) is 6.55. The molecule has 8 nitrogen and oxygen atoms in total. The van der Waals surface area contributed by atoms with E-state index in [1.54, 1.807) is 0 Å². The van der Waals surface area contributed by atoms with E-state index >= 15 is 0 Å². The molecular formula is C20H21N3O5S. The van der Waals surface area contributed by atoms with Gasteiger partial charge in [0.1, 0.15) is 23.3 Å². The monoisotopic (exact) mass is 415 g/mol. The Hall–Kier alpha value is -3.20. The average molecular weight is 415 g/mol. The predicted octanol–water partition coefficient (Wildman–Crippen LogP) is 5.16. The molecule has 0 aliphatic heterocycles. The van der Waals surface area contributed by atoms with Gasteiger partial charge in [0.2, 0.25) is 5.91 Å². The van der Waals surface area contributed by atoms with Crippen LogP contribution in [0.25, 0.3) is 16.5 Å². The summed E-state index contributed by atoms with van der Waals surface area (Å²) in [6, 6.07) is 1.96. The lowest BCUT2D eigenvalue weighted by molar-refractivity contribution is -0.380. The number of carbonyl (C=O) groups is 1. The fourth-order valence-electron chi connectivity index (χ4n) is 3.06. The van der Waals surface area contributed by atoms with Gasteiger partial charge in [-0.3, -0.25) is 20.2 Å². The van der Waals surface area contributed by atoms with Crippen LogP contribution in [0.4, 0.5) is 10.1 Å². The molecule has 29 heavy (non-hydrogen) atoms. The lowest BCUT2D eigenvalue weighted by Gasteiger charge is -2.14. The van der Waals surface area contributed by atoms with E-state index in [1.165, 1.54) is 6.08 Å². The molecule has 1 amide bonds. The van der Waals surface area contributed by atoms with Gasteiger partial charge in [-0.2, -0.15) is 0 Å². The normalized spacial score (nSPS) is 11.7. The zero-order chi connectivity index (χ0) is 21.3. The molecule has 3 rings (SSSR count). The Bertz CT molecular complexity index is 1140. The minimum atomic E-state index is -0.546. The molecule has 0 saturated carbocycles. The Morgan fingerprint density at radius 3 is 2.72 bits per heavy atom. The van der Waals surface area contributed by atoms with Gasteiger partial charge in [0, 0.05) is 22.6 Å². The molecule has 0 aliphatic carbocycles. The van der Waals surface area contributed by atoms with Crippen molar-refractivity contribution in [3.63, 3.8) is 0 Å². The zero-order valence-electron chi connectivity index (χ0n) is 16.8. The number of thiazole rings is 1. The molecule has 2 heterocycles. The minimum absolute atomic E-state index is 0.133. The molecule has 0 radical (unpaired) electrons. The summed E-state index contributed by atoms with van der Waals surface area (Å²) in [5, 5.41) is 14.3. The average Bonchev–Trinajstić information content (AvgIpc) is 3.23. The van der Waals surface area contributed by atoms with E-state index in [0.717, 1.165) is 51.0 Å². The molecule has 9 heteroatoms. The van der Waals surface area contributed by atoms with E-state index in [-0.39, 0.29) is 10.1 Å². The van der Waals surface area contributed by atoms with Gasteiger partial charge in [-0.25, -0.2) is 4.98 Å². The third-order valence-electron chi connectivity index (χ3n) is 4.61. The van der Waals surface area contributed by atoms with Gasteiger partial charge in [-0.1, -0.05) is 0 Å². The van der Waals surface area contributed by atoms with Gasteiger partial charge in [0.25, 0.3) is 0 Å². The Balaban J connectivity index is 1.98. The first-order valence-corrected chi connectivity index (χ1v) is 9.80.